The number of hydrogen-bond donors (Lipinski definition) is 2. The summed E-state index contributed by atoms with van der Waals surface area (Å²) >= 11 is 0. The fourth-order valence-corrected chi connectivity index (χ4v) is 2.68. The van der Waals surface area contributed by atoms with Crippen molar-refractivity contribution in [3.05, 3.63) is 35.4 Å². The monoisotopic (exact) mass is 341 g/mol. The van der Waals surface area contributed by atoms with E-state index in [2.05, 4.69) is 5.32 Å². The molecule has 1 aromatic carbocycles. The third-order valence-electron chi connectivity index (χ3n) is 4.38. The highest BCUT2D eigenvalue weighted by Crippen LogP contribution is 2.32. The maximum Gasteiger partial charge on any atom is 0.317 e. The Morgan fingerprint density at radius 3 is 2.38 bits per heavy atom. The van der Waals surface area contributed by atoms with Crippen LogP contribution in [0.15, 0.2) is 18.2 Å². The van der Waals surface area contributed by atoms with Crippen molar-refractivity contribution >= 4 is 6.03 Å². The number of nitrogens with one attached hydrogen (secondary N) is 1. The van der Waals surface area contributed by atoms with E-state index < -0.39 is 23.8 Å². The third-order valence-corrected chi connectivity index (χ3v) is 4.38. The summed E-state index contributed by atoms with van der Waals surface area (Å²) in [4.78, 5) is 15.2. The quantitative estimate of drug-likeness (QED) is 0.797. The summed E-state index contributed by atoms with van der Waals surface area (Å²) < 4.78 is 28.0. The number of benzene rings is 1. The van der Waals surface area contributed by atoms with E-state index >= 15 is 0 Å². The molecule has 0 bridgehead atoms. The number of rotatable bonds is 7. The smallest absolute Gasteiger partial charge is 0.317 e. The number of likely N-dealkylation sites (N-methyl/N-ethyl adjacent to an activating group) is 2. The lowest BCUT2D eigenvalue weighted by Crippen LogP contribution is -2.44. The first-order valence-electron chi connectivity index (χ1n) is 8.08. The van der Waals surface area contributed by atoms with Crippen LogP contribution in [-0.2, 0) is 0 Å². The van der Waals surface area contributed by atoms with Gasteiger partial charge in [-0.15, -0.1) is 0 Å². The molecule has 0 saturated heterocycles. The highest BCUT2D eigenvalue weighted by Gasteiger charge is 2.31. The van der Waals surface area contributed by atoms with E-state index in [0.29, 0.717) is 0 Å². The van der Waals surface area contributed by atoms with Crippen molar-refractivity contribution in [2.24, 2.45) is 5.92 Å². The Kier molecular flexibility index (Phi) is 6.12. The highest BCUT2D eigenvalue weighted by molar-refractivity contribution is 5.73. The van der Waals surface area contributed by atoms with Gasteiger partial charge in [-0.3, -0.25) is 0 Å². The minimum atomic E-state index is -0.638. The zero-order valence-corrected chi connectivity index (χ0v) is 14.3. The Labute approximate surface area is 141 Å². The number of aliphatic hydroxyl groups is 1. The van der Waals surface area contributed by atoms with Crippen LogP contribution in [0.1, 0.15) is 24.4 Å². The molecule has 134 valence electrons. The van der Waals surface area contributed by atoms with E-state index in [1.165, 1.54) is 23.1 Å². The zero-order chi connectivity index (χ0) is 17.9. The second kappa shape index (κ2) is 7.90. The van der Waals surface area contributed by atoms with Crippen LogP contribution in [0.3, 0.4) is 0 Å². The molecule has 1 aliphatic rings. The molecule has 0 radical (unpaired) electrons. The lowest BCUT2D eigenvalue weighted by atomic mass is 10.0. The van der Waals surface area contributed by atoms with E-state index in [1.54, 1.807) is 26.0 Å². The zero-order valence-electron chi connectivity index (χ0n) is 14.3. The summed E-state index contributed by atoms with van der Waals surface area (Å²) in [5, 5.41) is 12.6. The Bertz CT molecular complexity index is 559. The first kappa shape index (κ1) is 18.6. The van der Waals surface area contributed by atoms with Crippen LogP contribution in [0.2, 0.25) is 0 Å². The van der Waals surface area contributed by atoms with Gasteiger partial charge in [-0.05, 0) is 45.0 Å². The van der Waals surface area contributed by atoms with Gasteiger partial charge in [0, 0.05) is 25.7 Å². The van der Waals surface area contributed by atoms with Crippen LogP contribution in [0.25, 0.3) is 0 Å². The van der Waals surface area contributed by atoms with Gasteiger partial charge in [-0.25, -0.2) is 13.6 Å². The molecule has 0 spiro atoms. The van der Waals surface area contributed by atoms with Crippen LogP contribution in [0.5, 0.6) is 0 Å². The standard InChI is InChI=1S/C17H25F2N3O2/c1-21(2)14(16-12(18)5-4-6-13(16)19)9-20-17(24)22(3)10-15(23)11-7-8-11/h4-6,11,14-15,23H,7-10H2,1-3H3,(H,20,24). The highest BCUT2D eigenvalue weighted by atomic mass is 19.1. The number of nitrogens with zero attached hydrogens (tertiary/aromatic N) is 2. The molecular weight excluding hydrogens is 316 g/mol. The van der Waals surface area contributed by atoms with Crippen LogP contribution in [0, 0.1) is 17.6 Å². The van der Waals surface area contributed by atoms with E-state index in [-0.39, 0.29) is 30.6 Å². The topological polar surface area (TPSA) is 55.8 Å². The molecule has 0 aromatic heterocycles. The van der Waals surface area contributed by atoms with Crippen LogP contribution >= 0.6 is 0 Å². The summed E-state index contributed by atoms with van der Waals surface area (Å²) in [6, 6.07) is 2.71. The summed E-state index contributed by atoms with van der Waals surface area (Å²) in [6.07, 6.45) is 1.46. The lowest BCUT2D eigenvalue weighted by molar-refractivity contribution is 0.112. The van der Waals surface area contributed by atoms with Crippen molar-refractivity contribution in [3.8, 4) is 0 Å². The number of urea groups is 1. The SMILES string of the molecule is CN(CC(O)C1CC1)C(=O)NCC(c1c(F)cccc1F)N(C)C. The van der Waals surface area contributed by atoms with Crippen molar-refractivity contribution in [2.75, 3.05) is 34.2 Å². The van der Waals surface area contributed by atoms with Gasteiger partial charge in [0.2, 0.25) is 0 Å². The molecule has 2 rings (SSSR count). The number of hydrogen-bond acceptors (Lipinski definition) is 3. The molecule has 5 nitrogen and oxygen atoms in total. The number of halogens is 2. The van der Waals surface area contributed by atoms with Gasteiger partial charge >= 0.3 is 6.03 Å². The maximum absolute atomic E-state index is 14.0. The largest absolute Gasteiger partial charge is 0.391 e. The van der Waals surface area contributed by atoms with Gasteiger partial charge in [0.25, 0.3) is 0 Å². The minimum absolute atomic E-state index is 0.0630. The van der Waals surface area contributed by atoms with E-state index in [1.807, 2.05) is 0 Å². The average Bonchev–Trinajstić information content (AvgIpc) is 3.34. The van der Waals surface area contributed by atoms with Gasteiger partial charge in [-0.2, -0.15) is 0 Å². The summed E-state index contributed by atoms with van der Waals surface area (Å²) in [6.45, 7) is 0.310. The molecule has 0 heterocycles. The van der Waals surface area contributed by atoms with Gasteiger partial charge in [0.05, 0.1) is 12.1 Å². The van der Waals surface area contributed by atoms with Gasteiger partial charge in [0.15, 0.2) is 0 Å². The maximum atomic E-state index is 14.0. The molecule has 2 N–H and O–H groups in total. The number of carbonyl (C=O) groups is 1. The van der Waals surface area contributed by atoms with Crippen molar-refractivity contribution in [1.82, 2.24) is 15.1 Å². The second-order valence-corrected chi connectivity index (χ2v) is 6.59. The van der Waals surface area contributed by atoms with E-state index in [0.717, 1.165) is 12.8 Å². The Balaban J connectivity index is 1.97. The van der Waals surface area contributed by atoms with Crippen LogP contribution in [-0.4, -0.2) is 61.3 Å². The molecule has 7 heteroatoms. The molecule has 2 unspecified atom stereocenters. The van der Waals surface area contributed by atoms with E-state index in [9.17, 15) is 18.7 Å². The molecule has 2 atom stereocenters. The minimum Gasteiger partial charge on any atom is -0.391 e. The summed E-state index contributed by atoms with van der Waals surface area (Å²) in [5.74, 6) is -0.997. The van der Waals surface area contributed by atoms with Crippen molar-refractivity contribution in [3.63, 3.8) is 0 Å². The molecule has 1 aliphatic carbocycles. The average molecular weight is 341 g/mol. The molecule has 1 aromatic rings. The van der Waals surface area contributed by atoms with Gasteiger partial charge < -0.3 is 20.2 Å². The molecule has 24 heavy (non-hydrogen) atoms. The second-order valence-electron chi connectivity index (χ2n) is 6.59. The molecule has 0 aliphatic heterocycles. The lowest BCUT2D eigenvalue weighted by Gasteiger charge is -2.27. The number of amides is 2. The third kappa shape index (κ3) is 4.64. The Hall–Kier alpha value is -1.73. The van der Waals surface area contributed by atoms with Crippen molar-refractivity contribution < 1.29 is 18.7 Å². The number of carbonyl (C=O) groups excluding carboxylic acids is 1. The Morgan fingerprint density at radius 1 is 1.29 bits per heavy atom. The molecule has 2 amide bonds. The van der Waals surface area contributed by atoms with E-state index in [4.69, 9.17) is 0 Å². The van der Waals surface area contributed by atoms with Gasteiger partial charge in [0.1, 0.15) is 11.6 Å². The normalized spacial score (nSPS) is 16.8. The first-order valence-corrected chi connectivity index (χ1v) is 8.08. The van der Waals surface area contributed by atoms with Crippen molar-refractivity contribution in [2.45, 2.75) is 25.0 Å². The predicted molar refractivity (Wildman–Crippen MR) is 87.5 cm³/mol. The Morgan fingerprint density at radius 2 is 1.88 bits per heavy atom. The van der Waals surface area contributed by atoms with Gasteiger partial charge in [-0.1, -0.05) is 6.07 Å². The van der Waals surface area contributed by atoms with Crippen LogP contribution in [0.4, 0.5) is 13.6 Å². The first-order chi connectivity index (χ1) is 11.3. The van der Waals surface area contributed by atoms with Crippen LogP contribution < -0.4 is 5.32 Å². The number of aliphatic hydroxyl groups excluding tert-OH is 1. The summed E-state index contributed by atoms with van der Waals surface area (Å²) in [5.41, 5.74) is -0.0662. The molecule has 1 saturated carbocycles. The molecule has 1 fully saturated rings. The van der Waals surface area contributed by atoms with Crippen molar-refractivity contribution in [1.29, 1.82) is 0 Å². The predicted octanol–water partition coefficient (Wildman–Crippen LogP) is 1.98. The fraction of sp³-hybridized carbons (Fsp3) is 0.588. The molecular formula is C17H25F2N3O2. The summed E-state index contributed by atoms with van der Waals surface area (Å²) in [7, 11) is 4.99. The fourth-order valence-electron chi connectivity index (χ4n) is 2.68.